The van der Waals surface area contributed by atoms with Gasteiger partial charge in [0.2, 0.25) is 5.91 Å². The van der Waals surface area contributed by atoms with Gasteiger partial charge in [-0.05, 0) is 37.6 Å². The van der Waals surface area contributed by atoms with E-state index in [-0.39, 0.29) is 12.5 Å². The number of carboxylic acid groups (broad SMARTS) is 1. The molecule has 0 aliphatic heterocycles. The van der Waals surface area contributed by atoms with Crippen molar-refractivity contribution in [2.45, 2.75) is 32.7 Å². The maximum atomic E-state index is 11.7. The fourth-order valence-electron chi connectivity index (χ4n) is 1.92. The van der Waals surface area contributed by atoms with Gasteiger partial charge < -0.3 is 15.2 Å². The Morgan fingerprint density at radius 2 is 1.83 bits per heavy atom. The average Bonchev–Trinajstić information content (AvgIpc) is 2.51. The number of carbonyl (C=O) groups excluding carboxylic acids is 1. The summed E-state index contributed by atoms with van der Waals surface area (Å²) in [6.07, 6.45) is 0. The predicted octanol–water partition coefficient (Wildman–Crippen LogP) is 1.71. The van der Waals surface area contributed by atoms with Crippen molar-refractivity contribution in [1.29, 1.82) is 0 Å². The molecule has 1 aromatic carbocycles. The van der Waals surface area contributed by atoms with E-state index in [1.54, 1.807) is 14.0 Å². The maximum Gasteiger partial charge on any atom is 0.320 e. The van der Waals surface area contributed by atoms with Gasteiger partial charge in [-0.25, -0.2) is 0 Å². The van der Waals surface area contributed by atoms with Crippen molar-refractivity contribution in [2.24, 2.45) is 0 Å². The molecule has 1 atom stereocenters. The van der Waals surface area contributed by atoms with Crippen LogP contribution in [0.2, 0.25) is 0 Å². The summed E-state index contributed by atoms with van der Waals surface area (Å²) in [4.78, 5) is 24.0. The molecule has 0 saturated heterocycles. The Morgan fingerprint density at radius 3 is 2.35 bits per heavy atom. The summed E-state index contributed by atoms with van der Waals surface area (Å²) in [5, 5.41) is 11.6. The van der Waals surface area contributed by atoms with Gasteiger partial charge in [0.15, 0.2) is 0 Å². The highest BCUT2D eigenvalue weighted by atomic mass is 16.5. The molecule has 1 rings (SSSR count). The highest BCUT2D eigenvalue weighted by molar-refractivity contribution is 5.79. The highest BCUT2D eigenvalue weighted by Crippen LogP contribution is 2.18. The van der Waals surface area contributed by atoms with Crippen LogP contribution in [0.25, 0.3) is 0 Å². The van der Waals surface area contributed by atoms with Crippen molar-refractivity contribution < 1.29 is 19.4 Å². The van der Waals surface area contributed by atoms with Gasteiger partial charge in [0.05, 0.1) is 13.1 Å². The normalized spacial score (nSPS) is 12.3. The van der Waals surface area contributed by atoms with Crippen LogP contribution >= 0.6 is 0 Å². The fraction of sp³-hybridized carbons (Fsp3) is 0.529. The van der Waals surface area contributed by atoms with E-state index in [1.807, 2.05) is 24.3 Å². The summed E-state index contributed by atoms with van der Waals surface area (Å²) in [5.41, 5.74) is 1.25. The molecule has 1 amide bonds. The monoisotopic (exact) mass is 322 g/mol. The summed E-state index contributed by atoms with van der Waals surface area (Å²) < 4.78 is 5.56. The molecule has 1 aromatic rings. The first-order valence-electron chi connectivity index (χ1n) is 7.73. The summed E-state index contributed by atoms with van der Waals surface area (Å²) in [6.45, 7) is 6.59. The van der Waals surface area contributed by atoms with E-state index in [2.05, 4.69) is 19.2 Å². The Balaban J connectivity index is 2.26. The van der Waals surface area contributed by atoms with Crippen molar-refractivity contribution in [3.63, 3.8) is 0 Å². The van der Waals surface area contributed by atoms with Crippen molar-refractivity contribution in [2.75, 3.05) is 26.7 Å². The summed E-state index contributed by atoms with van der Waals surface area (Å²) in [7, 11) is 1.60. The number of amides is 1. The SMILES string of the molecule is CC(C)c1ccc(OCCNC(=O)CN(C)C(C)C(=O)O)cc1. The Hall–Kier alpha value is -2.08. The number of carboxylic acids is 1. The van der Waals surface area contributed by atoms with Crippen LogP contribution in [0.3, 0.4) is 0 Å². The molecule has 0 saturated carbocycles. The largest absolute Gasteiger partial charge is 0.492 e. The second kappa shape index (κ2) is 9.15. The fourth-order valence-corrected chi connectivity index (χ4v) is 1.92. The molecule has 0 spiro atoms. The third-order valence-corrected chi connectivity index (χ3v) is 3.65. The molecule has 0 heterocycles. The Bertz CT molecular complexity index is 514. The second-order valence-corrected chi connectivity index (χ2v) is 5.85. The smallest absolute Gasteiger partial charge is 0.320 e. The Morgan fingerprint density at radius 1 is 1.22 bits per heavy atom. The van der Waals surface area contributed by atoms with Crippen LogP contribution in [0.1, 0.15) is 32.3 Å². The number of likely N-dealkylation sites (N-methyl/N-ethyl adjacent to an activating group) is 1. The van der Waals surface area contributed by atoms with E-state index in [4.69, 9.17) is 9.84 Å². The lowest BCUT2D eigenvalue weighted by atomic mass is 10.0. The lowest BCUT2D eigenvalue weighted by Gasteiger charge is -2.20. The molecule has 1 unspecified atom stereocenters. The van der Waals surface area contributed by atoms with Crippen molar-refractivity contribution in [3.8, 4) is 5.75 Å². The van der Waals surface area contributed by atoms with Gasteiger partial charge >= 0.3 is 5.97 Å². The minimum atomic E-state index is -0.950. The molecule has 0 aromatic heterocycles. The third kappa shape index (κ3) is 6.69. The topological polar surface area (TPSA) is 78.9 Å². The Kier molecular flexibility index (Phi) is 7.54. The predicted molar refractivity (Wildman–Crippen MR) is 88.8 cm³/mol. The quantitative estimate of drug-likeness (QED) is 0.677. The number of nitrogens with one attached hydrogen (secondary N) is 1. The van der Waals surface area contributed by atoms with Gasteiger partial charge in [-0.15, -0.1) is 0 Å². The van der Waals surface area contributed by atoms with Crippen LogP contribution in [0.4, 0.5) is 0 Å². The molecule has 6 nitrogen and oxygen atoms in total. The van der Waals surface area contributed by atoms with Crippen LogP contribution < -0.4 is 10.1 Å². The Labute approximate surface area is 137 Å². The van der Waals surface area contributed by atoms with Gasteiger partial charge in [0, 0.05) is 0 Å². The van der Waals surface area contributed by atoms with Crippen LogP contribution in [-0.2, 0) is 9.59 Å². The standard InChI is InChI=1S/C17H26N2O4/c1-12(2)14-5-7-15(8-6-14)23-10-9-18-16(20)11-19(4)13(3)17(21)22/h5-8,12-13H,9-11H2,1-4H3,(H,18,20)(H,21,22). The maximum absolute atomic E-state index is 11.7. The van der Waals surface area contributed by atoms with Crippen molar-refractivity contribution in [1.82, 2.24) is 10.2 Å². The van der Waals surface area contributed by atoms with E-state index in [1.165, 1.54) is 10.5 Å². The van der Waals surface area contributed by atoms with Crippen molar-refractivity contribution >= 4 is 11.9 Å². The first-order chi connectivity index (χ1) is 10.8. The second-order valence-electron chi connectivity index (χ2n) is 5.85. The molecule has 2 N–H and O–H groups in total. The van der Waals surface area contributed by atoms with Gasteiger partial charge in [-0.3, -0.25) is 14.5 Å². The molecule has 0 aliphatic carbocycles. The summed E-state index contributed by atoms with van der Waals surface area (Å²) in [6, 6.07) is 7.19. The number of hydrogen-bond acceptors (Lipinski definition) is 4. The molecule has 128 valence electrons. The minimum Gasteiger partial charge on any atom is -0.492 e. The van der Waals surface area contributed by atoms with E-state index >= 15 is 0 Å². The van der Waals surface area contributed by atoms with E-state index in [0.717, 1.165) is 5.75 Å². The zero-order chi connectivity index (χ0) is 17.4. The molecule has 0 fully saturated rings. The minimum absolute atomic E-state index is 0.0382. The lowest BCUT2D eigenvalue weighted by molar-refractivity contribution is -0.142. The average molecular weight is 322 g/mol. The van der Waals surface area contributed by atoms with Crippen molar-refractivity contribution in [3.05, 3.63) is 29.8 Å². The molecular weight excluding hydrogens is 296 g/mol. The number of benzene rings is 1. The molecule has 0 bridgehead atoms. The molecule has 0 radical (unpaired) electrons. The zero-order valence-electron chi connectivity index (χ0n) is 14.2. The number of ether oxygens (including phenoxy) is 1. The molecule has 0 aliphatic rings. The summed E-state index contributed by atoms with van der Waals surface area (Å²) >= 11 is 0. The number of nitrogens with zero attached hydrogens (tertiary/aromatic N) is 1. The van der Waals surface area contributed by atoms with Crippen LogP contribution in [0.15, 0.2) is 24.3 Å². The first kappa shape index (κ1) is 19.0. The third-order valence-electron chi connectivity index (χ3n) is 3.65. The van der Waals surface area contributed by atoms with Crippen LogP contribution in [0, 0.1) is 0 Å². The van der Waals surface area contributed by atoms with Gasteiger partial charge in [0.1, 0.15) is 18.4 Å². The summed E-state index contributed by atoms with van der Waals surface area (Å²) in [5.74, 6) is 0.0709. The highest BCUT2D eigenvalue weighted by Gasteiger charge is 2.18. The number of hydrogen-bond donors (Lipinski definition) is 2. The molecular formula is C17H26N2O4. The zero-order valence-corrected chi connectivity index (χ0v) is 14.2. The first-order valence-corrected chi connectivity index (χ1v) is 7.73. The van der Waals surface area contributed by atoms with Crippen LogP contribution in [0.5, 0.6) is 5.75 Å². The number of aliphatic carboxylic acids is 1. The van der Waals surface area contributed by atoms with Gasteiger partial charge in [-0.2, -0.15) is 0 Å². The molecule has 6 heteroatoms. The van der Waals surface area contributed by atoms with Gasteiger partial charge in [-0.1, -0.05) is 26.0 Å². The van der Waals surface area contributed by atoms with Gasteiger partial charge in [0.25, 0.3) is 0 Å². The molecule has 23 heavy (non-hydrogen) atoms. The number of rotatable bonds is 9. The number of carbonyl (C=O) groups is 2. The lowest BCUT2D eigenvalue weighted by Crippen LogP contribution is -2.43. The van der Waals surface area contributed by atoms with E-state index < -0.39 is 12.0 Å². The van der Waals surface area contributed by atoms with E-state index in [0.29, 0.717) is 19.1 Å². The van der Waals surface area contributed by atoms with Crippen LogP contribution in [-0.4, -0.2) is 54.7 Å². The van der Waals surface area contributed by atoms with E-state index in [9.17, 15) is 9.59 Å².